The number of benzene rings is 1. The fraction of sp³-hybridized carbons (Fsp3) is 0.429. The maximum atomic E-state index is 13.9. The Kier molecular flexibility index (Phi) is 7.31. The first-order valence-corrected chi connectivity index (χ1v) is 12.3. The maximum Gasteiger partial charge on any atom is 0.340 e. The number of methoxy groups -OCH3 is 1. The Morgan fingerprint density at radius 1 is 1.28 bits per heavy atom. The predicted octanol–water partition coefficient (Wildman–Crippen LogP) is 3.02. The molecule has 0 radical (unpaired) electrons. The highest BCUT2D eigenvalue weighted by Gasteiger charge is 2.35. The number of thiophene rings is 1. The lowest BCUT2D eigenvalue weighted by molar-refractivity contribution is -0.131. The summed E-state index contributed by atoms with van der Waals surface area (Å²) < 4.78 is 60.9. The molecule has 1 N–H and O–H groups in total. The van der Waals surface area contributed by atoms with Crippen molar-refractivity contribution in [3.8, 4) is 0 Å². The van der Waals surface area contributed by atoms with Crippen LogP contribution in [0, 0.1) is 11.6 Å². The molecule has 2 heterocycles. The minimum absolute atomic E-state index is 0.0180. The molecule has 32 heavy (non-hydrogen) atoms. The summed E-state index contributed by atoms with van der Waals surface area (Å²) in [5.41, 5.74) is 0.189. The molecule has 0 bridgehead atoms. The van der Waals surface area contributed by atoms with E-state index < -0.39 is 40.0 Å². The molecule has 11 heteroatoms. The zero-order valence-electron chi connectivity index (χ0n) is 17.9. The number of nitrogens with one attached hydrogen (secondary N) is 1. The number of sulfonamides is 1. The first kappa shape index (κ1) is 24.3. The van der Waals surface area contributed by atoms with Crippen LogP contribution in [-0.2, 0) is 38.9 Å². The average molecular weight is 487 g/mol. The van der Waals surface area contributed by atoms with Gasteiger partial charge in [0, 0.05) is 23.0 Å². The quantitative estimate of drug-likeness (QED) is 0.608. The summed E-state index contributed by atoms with van der Waals surface area (Å²) in [6, 6.07) is 3.06. The Hall–Kier alpha value is -2.37. The smallest absolute Gasteiger partial charge is 0.340 e. The highest BCUT2D eigenvalue weighted by Crippen LogP contribution is 2.37. The van der Waals surface area contributed by atoms with Crippen LogP contribution >= 0.6 is 11.3 Å². The topological polar surface area (TPSA) is 92.8 Å². The van der Waals surface area contributed by atoms with Crippen molar-refractivity contribution in [1.82, 2.24) is 9.62 Å². The predicted molar refractivity (Wildman–Crippen MR) is 115 cm³/mol. The molecule has 3 rings (SSSR count). The molecule has 2 aromatic rings. The minimum Gasteiger partial charge on any atom is -0.465 e. The largest absolute Gasteiger partial charge is 0.465 e. The van der Waals surface area contributed by atoms with E-state index >= 15 is 0 Å². The van der Waals surface area contributed by atoms with Crippen LogP contribution in [-0.4, -0.2) is 44.9 Å². The van der Waals surface area contributed by atoms with Crippen molar-refractivity contribution < 1.29 is 31.5 Å². The van der Waals surface area contributed by atoms with E-state index in [2.05, 4.69) is 4.72 Å². The number of rotatable bonds is 7. The van der Waals surface area contributed by atoms with Crippen LogP contribution in [0.3, 0.4) is 0 Å². The molecule has 0 spiro atoms. The van der Waals surface area contributed by atoms with Crippen molar-refractivity contribution in [2.75, 3.05) is 13.7 Å². The molecule has 1 amide bonds. The SMILES string of the molecule is CC[C@@H](C)NS(=O)(=O)c1sc2c(c1C(=O)OC)CCN(C(=O)Cc1c(F)cccc1F)C2. The standard InChI is InChI=1S/C21H24F2N2O5S2/c1-4-12(2)24-32(28,29)21-19(20(27)30-3)13-8-9-25(11-17(13)31-21)18(26)10-14-15(22)6-5-7-16(14)23/h5-7,12,24H,4,8-11H2,1-3H3/t12-/m1/s1. The summed E-state index contributed by atoms with van der Waals surface area (Å²) in [4.78, 5) is 27.1. The van der Waals surface area contributed by atoms with Crippen molar-refractivity contribution in [3.05, 3.63) is 51.4 Å². The van der Waals surface area contributed by atoms with Crippen LogP contribution < -0.4 is 4.72 Å². The number of carbonyl (C=O) groups is 2. The lowest BCUT2D eigenvalue weighted by Gasteiger charge is -2.27. The van der Waals surface area contributed by atoms with E-state index in [9.17, 15) is 26.8 Å². The molecule has 0 saturated heterocycles. The average Bonchev–Trinajstić information content (AvgIpc) is 3.15. The van der Waals surface area contributed by atoms with E-state index in [-0.39, 0.29) is 40.9 Å². The van der Waals surface area contributed by atoms with Gasteiger partial charge in [0.05, 0.1) is 25.6 Å². The van der Waals surface area contributed by atoms with Gasteiger partial charge in [0.2, 0.25) is 5.91 Å². The van der Waals surface area contributed by atoms with Crippen LogP contribution in [0.5, 0.6) is 0 Å². The third kappa shape index (κ3) is 4.84. The fourth-order valence-electron chi connectivity index (χ4n) is 3.46. The zero-order chi connectivity index (χ0) is 23.6. The first-order valence-electron chi connectivity index (χ1n) is 10.0. The van der Waals surface area contributed by atoms with Gasteiger partial charge in [-0.2, -0.15) is 0 Å². The van der Waals surface area contributed by atoms with Gasteiger partial charge in [0.25, 0.3) is 10.0 Å². The number of carbonyl (C=O) groups excluding carboxylic acids is 2. The van der Waals surface area contributed by atoms with Crippen molar-refractivity contribution in [1.29, 1.82) is 0 Å². The molecule has 0 fully saturated rings. The van der Waals surface area contributed by atoms with Crippen molar-refractivity contribution in [2.45, 2.75) is 49.9 Å². The number of halogens is 2. The molecule has 1 aliphatic rings. The van der Waals surface area contributed by atoms with Crippen molar-refractivity contribution in [3.63, 3.8) is 0 Å². The number of esters is 1. The number of hydrogen-bond donors (Lipinski definition) is 1. The van der Waals surface area contributed by atoms with E-state index in [1.165, 1.54) is 18.1 Å². The summed E-state index contributed by atoms with van der Waals surface area (Å²) >= 11 is 0.905. The van der Waals surface area contributed by atoms with E-state index in [4.69, 9.17) is 4.74 Å². The fourth-order valence-corrected chi connectivity index (χ4v) is 6.70. The molecular weight excluding hydrogens is 462 g/mol. The second-order valence-electron chi connectivity index (χ2n) is 7.53. The number of hydrogen-bond acceptors (Lipinski definition) is 6. The van der Waals surface area contributed by atoms with E-state index in [0.717, 1.165) is 23.5 Å². The number of amides is 1. The monoisotopic (exact) mass is 486 g/mol. The van der Waals surface area contributed by atoms with Crippen LogP contribution in [0.2, 0.25) is 0 Å². The van der Waals surface area contributed by atoms with Gasteiger partial charge >= 0.3 is 5.97 Å². The Bertz CT molecular complexity index is 1130. The molecule has 1 aromatic heterocycles. The van der Waals surface area contributed by atoms with Crippen LogP contribution in [0.1, 0.15) is 46.6 Å². The summed E-state index contributed by atoms with van der Waals surface area (Å²) in [6.07, 6.45) is 0.331. The van der Waals surface area contributed by atoms with Crippen molar-refractivity contribution >= 4 is 33.2 Å². The van der Waals surface area contributed by atoms with Gasteiger partial charge in [0.1, 0.15) is 15.8 Å². The first-order chi connectivity index (χ1) is 15.1. The Morgan fingerprint density at radius 3 is 2.53 bits per heavy atom. The van der Waals surface area contributed by atoms with Crippen LogP contribution in [0.15, 0.2) is 22.4 Å². The highest BCUT2D eigenvalue weighted by molar-refractivity contribution is 7.91. The summed E-state index contributed by atoms with van der Waals surface area (Å²) in [5.74, 6) is -2.86. The van der Waals surface area contributed by atoms with Gasteiger partial charge in [-0.05, 0) is 37.5 Å². The number of fused-ring (bicyclic) bond motifs is 1. The lowest BCUT2D eigenvalue weighted by Crippen LogP contribution is -2.37. The molecular formula is C21H24F2N2O5S2. The zero-order valence-corrected chi connectivity index (χ0v) is 19.5. The number of ether oxygens (including phenoxy) is 1. The summed E-state index contributed by atoms with van der Waals surface area (Å²) in [7, 11) is -2.81. The van der Waals surface area contributed by atoms with Crippen LogP contribution in [0.25, 0.3) is 0 Å². The van der Waals surface area contributed by atoms with Crippen molar-refractivity contribution in [2.24, 2.45) is 0 Å². The molecule has 1 aliphatic heterocycles. The number of nitrogens with zero attached hydrogens (tertiary/aromatic N) is 1. The lowest BCUT2D eigenvalue weighted by atomic mass is 10.0. The normalized spacial score (nSPS) is 14.7. The molecule has 0 unspecified atom stereocenters. The van der Waals surface area contributed by atoms with Gasteiger partial charge in [-0.1, -0.05) is 13.0 Å². The third-order valence-electron chi connectivity index (χ3n) is 5.37. The molecule has 0 aliphatic carbocycles. The highest BCUT2D eigenvalue weighted by atomic mass is 32.2. The van der Waals surface area contributed by atoms with Gasteiger partial charge in [-0.25, -0.2) is 26.7 Å². The Balaban J connectivity index is 1.91. The van der Waals surface area contributed by atoms with E-state index in [1.54, 1.807) is 6.92 Å². The molecule has 1 atom stereocenters. The van der Waals surface area contributed by atoms with E-state index in [0.29, 0.717) is 16.9 Å². The van der Waals surface area contributed by atoms with Gasteiger partial charge in [0.15, 0.2) is 0 Å². The summed E-state index contributed by atoms with van der Waals surface area (Å²) in [5, 5.41) is 0. The minimum atomic E-state index is -3.98. The Morgan fingerprint density at radius 2 is 1.94 bits per heavy atom. The molecule has 7 nitrogen and oxygen atoms in total. The Labute approximate surface area is 189 Å². The van der Waals surface area contributed by atoms with Gasteiger partial charge in [-0.3, -0.25) is 4.79 Å². The second kappa shape index (κ2) is 9.63. The maximum absolute atomic E-state index is 13.9. The van der Waals surface area contributed by atoms with Gasteiger partial charge < -0.3 is 9.64 Å². The second-order valence-corrected chi connectivity index (χ2v) is 10.5. The third-order valence-corrected chi connectivity index (χ3v) is 8.69. The molecule has 0 saturated carbocycles. The van der Waals surface area contributed by atoms with Gasteiger partial charge in [-0.15, -0.1) is 11.3 Å². The molecule has 174 valence electrons. The summed E-state index contributed by atoms with van der Waals surface area (Å²) in [6.45, 7) is 3.76. The molecule has 1 aromatic carbocycles. The van der Waals surface area contributed by atoms with Crippen LogP contribution in [0.4, 0.5) is 8.78 Å². The van der Waals surface area contributed by atoms with E-state index in [1.807, 2.05) is 6.92 Å².